The molecule has 1 fully saturated rings. The van der Waals surface area contributed by atoms with Crippen LogP contribution >= 0.6 is 0 Å². The largest absolute Gasteiger partial charge is 0.390 e. The Labute approximate surface area is 107 Å². The van der Waals surface area contributed by atoms with Crippen LogP contribution in [0.15, 0.2) is 4.52 Å². The van der Waals surface area contributed by atoms with Crippen LogP contribution < -0.4 is 0 Å². The summed E-state index contributed by atoms with van der Waals surface area (Å²) < 4.78 is 5.06. The molecule has 1 saturated heterocycles. The number of hydrogen-bond acceptors (Lipinski definition) is 4. The minimum atomic E-state index is -0.625. The fraction of sp³-hybridized carbons (Fsp3) is 0.692. The molecule has 1 aliphatic rings. The summed E-state index contributed by atoms with van der Waals surface area (Å²) in [7, 11) is 0. The molecule has 1 amide bonds. The maximum atomic E-state index is 12.2. The first-order valence-electron chi connectivity index (χ1n) is 6.31. The van der Waals surface area contributed by atoms with E-state index in [2.05, 4.69) is 5.16 Å². The number of carbonyl (C=O) groups excluding carboxylic acids is 1. The van der Waals surface area contributed by atoms with Gasteiger partial charge in [0.25, 0.3) is 0 Å². The average molecular weight is 252 g/mol. The van der Waals surface area contributed by atoms with Crippen LogP contribution in [0.3, 0.4) is 0 Å². The lowest BCUT2D eigenvalue weighted by Gasteiger charge is -2.35. The van der Waals surface area contributed by atoms with Gasteiger partial charge in [0.1, 0.15) is 5.76 Å². The van der Waals surface area contributed by atoms with Gasteiger partial charge in [-0.05, 0) is 33.6 Å². The predicted molar refractivity (Wildman–Crippen MR) is 66.1 cm³/mol. The van der Waals surface area contributed by atoms with Gasteiger partial charge in [0, 0.05) is 18.7 Å². The number of aliphatic hydroxyl groups is 1. The lowest BCUT2D eigenvalue weighted by Crippen LogP contribution is -2.45. The van der Waals surface area contributed by atoms with E-state index in [0.717, 1.165) is 11.3 Å². The SMILES string of the molecule is Cc1noc(C)c1CC(=O)N1CCC(C)(O)CC1. The van der Waals surface area contributed by atoms with Gasteiger partial charge in [-0.15, -0.1) is 0 Å². The highest BCUT2D eigenvalue weighted by Crippen LogP contribution is 2.22. The van der Waals surface area contributed by atoms with Gasteiger partial charge < -0.3 is 14.5 Å². The van der Waals surface area contributed by atoms with E-state index >= 15 is 0 Å². The van der Waals surface area contributed by atoms with E-state index < -0.39 is 5.60 Å². The second-order valence-corrected chi connectivity index (χ2v) is 5.36. The lowest BCUT2D eigenvalue weighted by atomic mass is 9.93. The van der Waals surface area contributed by atoms with E-state index in [1.54, 1.807) is 0 Å². The van der Waals surface area contributed by atoms with E-state index in [1.165, 1.54) is 0 Å². The van der Waals surface area contributed by atoms with E-state index in [0.29, 0.717) is 38.1 Å². The van der Waals surface area contributed by atoms with Crippen LogP contribution in [0.25, 0.3) is 0 Å². The molecule has 100 valence electrons. The van der Waals surface area contributed by atoms with Crippen LogP contribution in [0.5, 0.6) is 0 Å². The maximum Gasteiger partial charge on any atom is 0.227 e. The Balaban J connectivity index is 1.97. The maximum absolute atomic E-state index is 12.2. The monoisotopic (exact) mass is 252 g/mol. The van der Waals surface area contributed by atoms with Crippen LogP contribution in [-0.2, 0) is 11.2 Å². The highest BCUT2D eigenvalue weighted by Gasteiger charge is 2.30. The molecule has 2 heterocycles. The number of rotatable bonds is 2. The Kier molecular flexibility index (Phi) is 3.43. The predicted octanol–water partition coefficient (Wildman–Crippen LogP) is 1.21. The highest BCUT2D eigenvalue weighted by atomic mass is 16.5. The summed E-state index contributed by atoms with van der Waals surface area (Å²) in [4.78, 5) is 14.0. The molecule has 1 aromatic heterocycles. The first kappa shape index (κ1) is 13.1. The van der Waals surface area contributed by atoms with Gasteiger partial charge in [0.15, 0.2) is 0 Å². The van der Waals surface area contributed by atoms with Crippen molar-refractivity contribution >= 4 is 5.91 Å². The molecular weight excluding hydrogens is 232 g/mol. The third-order valence-electron chi connectivity index (χ3n) is 3.70. The average Bonchev–Trinajstić information content (AvgIpc) is 2.60. The quantitative estimate of drug-likeness (QED) is 0.859. The normalized spacial score (nSPS) is 19.0. The summed E-state index contributed by atoms with van der Waals surface area (Å²) in [5.41, 5.74) is 1.04. The molecule has 1 aromatic rings. The molecule has 1 aliphatic heterocycles. The van der Waals surface area contributed by atoms with Crippen LogP contribution in [0.1, 0.15) is 36.8 Å². The first-order valence-corrected chi connectivity index (χ1v) is 6.31. The third kappa shape index (κ3) is 2.72. The van der Waals surface area contributed by atoms with E-state index in [1.807, 2.05) is 25.7 Å². The number of aromatic nitrogens is 1. The molecule has 0 aliphatic carbocycles. The fourth-order valence-electron chi connectivity index (χ4n) is 2.26. The number of piperidine rings is 1. The Morgan fingerprint density at radius 1 is 1.44 bits per heavy atom. The number of nitrogens with zero attached hydrogens (tertiary/aromatic N) is 2. The first-order chi connectivity index (χ1) is 8.39. The minimum Gasteiger partial charge on any atom is -0.390 e. The second-order valence-electron chi connectivity index (χ2n) is 5.36. The van der Waals surface area contributed by atoms with Gasteiger partial charge in [-0.25, -0.2) is 0 Å². The summed E-state index contributed by atoms with van der Waals surface area (Å²) >= 11 is 0. The molecule has 0 bridgehead atoms. The molecule has 0 spiro atoms. The third-order valence-corrected chi connectivity index (χ3v) is 3.70. The number of hydrogen-bond donors (Lipinski definition) is 1. The molecule has 0 saturated carbocycles. The minimum absolute atomic E-state index is 0.0832. The van der Waals surface area contributed by atoms with E-state index in [9.17, 15) is 9.90 Å². The van der Waals surface area contributed by atoms with Crippen molar-refractivity contribution in [3.8, 4) is 0 Å². The van der Waals surface area contributed by atoms with Crippen molar-refractivity contribution in [1.82, 2.24) is 10.1 Å². The Morgan fingerprint density at radius 2 is 2.06 bits per heavy atom. The number of carbonyl (C=O) groups is 1. The molecular formula is C13H20N2O3. The number of amides is 1. The molecule has 18 heavy (non-hydrogen) atoms. The molecule has 0 aromatic carbocycles. The summed E-state index contributed by atoms with van der Waals surface area (Å²) in [6.45, 7) is 6.73. The van der Waals surface area contributed by atoms with E-state index in [-0.39, 0.29) is 5.91 Å². The van der Waals surface area contributed by atoms with Crippen molar-refractivity contribution < 1.29 is 14.4 Å². The van der Waals surface area contributed by atoms with Crippen LogP contribution in [0.2, 0.25) is 0 Å². The van der Waals surface area contributed by atoms with Gasteiger partial charge in [0.2, 0.25) is 5.91 Å². The van der Waals surface area contributed by atoms with Crippen molar-refractivity contribution in [2.24, 2.45) is 0 Å². The Bertz CT molecular complexity index is 422. The molecule has 5 heteroatoms. The van der Waals surface area contributed by atoms with Gasteiger partial charge >= 0.3 is 0 Å². The zero-order valence-corrected chi connectivity index (χ0v) is 11.2. The topological polar surface area (TPSA) is 66.6 Å². The smallest absolute Gasteiger partial charge is 0.227 e. The zero-order valence-electron chi connectivity index (χ0n) is 11.2. The van der Waals surface area contributed by atoms with Crippen LogP contribution in [-0.4, -0.2) is 39.8 Å². The molecule has 0 unspecified atom stereocenters. The van der Waals surface area contributed by atoms with E-state index in [4.69, 9.17) is 4.52 Å². The Hall–Kier alpha value is -1.36. The molecule has 5 nitrogen and oxygen atoms in total. The number of likely N-dealkylation sites (tertiary alicyclic amines) is 1. The fourth-order valence-corrected chi connectivity index (χ4v) is 2.26. The van der Waals surface area contributed by atoms with Gasteiger partial charge in [-0.1, -0.05) is 5.16 Å². The lowest BCUT2D eigenvalue weighted by molar-refractivity contribution is -0.134. The molecule has 1 N–H and O–H groups in total. The second kappa shape index (κ2) is 4.72. The van der Waals surface area contributed by atoms with Crippen LogP contribution in [0.4, 0.5) is 0 Å². The van der Waals surface area contributed by atoms with Crippen LogP contribution in [0, 0.1) is 13.8 Å². The molecule has 2 rings (SSSR count). The van der Waals surface area contributed by atoms with Crippen molar-refractivity contribution in [1.29, 1.82) is 0 Å². The van der Waals surface area contributed by atoms with Crippen molar-refractivity contribution in [3.63, 3.8) is 0 Å². The summed E-state index contributed by atoms with van der Waals surface area (Å²) in [6.07, 6.45) is 1.62. The van der Waals surface area contributed by atoms with Gasteiger partial charge in [-0.3, -0.25) is 4.79 Å². The standard InChI is InChI=1S/C13H20N2O3/c1-9-11(10(2)18-14-9)8-12(16)15-6-4-13(3,17)5-7-15/h17H,4-8H2,1-3H3. The van der Waals surface area contributed by atoms with Gasteiger partial charge in [0.05, 0.1) is 17.7 Å². The molecule has 0 radical (unpaired) electrons. The Morgan fingerprint density at radius 3 is 2.56 bits per heavy atom. The zero-order chi connectivity index (χ0) is 13.3. The highest BCUT2D eigenvalue weighted by molar-refractivity contribution is 5.79. The van der Waals surface area contributed by atoms with Crippen molar-refractivity contribution in [2.75, 3.05) is 13.1 Å². The van der Waals surface area contributed by atoms with Crippen molar-refractivity contribution in [3.05, 3.63) is 17.0 Å². The van der Waals surface area contributed by atoms with Gasteiger partial charge in [-0.2, -0.15) is 0 Å². The summed E-state index contributed by atoms with van der Waals surface area (Å²) in [5, 5.41) is 13.7. The number of aryl methyl sites for hydroxylation is 2. The summed E-state index contributed by atoms with van der Waals surface area (Å²) in [5.74, 6) is 0.796. The molecule has 0 atom stereocenters. The summed E-state index contributed by atoms with van der Waals surface area (Å²) in [6, 6.07) is 0. The van der Waals surface area contributed by atoms with Crippen molar-refractivity contribution in [2.45, 2.75) is 45.6 Å².